The fraction of sp³-hybridized carbons (Fsp3) is 0. The molecular weight excluding hydrogens is 188 g/mol. The van der Waals surface area contributed by atoms with Gasteiger partial charge in [0.05, 0.1) is 0 Å². The van der Waals surface area contributed by atoms with Crippen LogP contribution in [0.25, 0.3) is 0 Å². The first kappa shape index (κ1) is 30.6. The molecule has 1 radical (unpaired) electrons. The van der Waals surface area contributed by atoms with Gasteiger partial charge in [-0.3, -0.25) is 0 Å². The second kappa shape index (κ2) is 17.5. The topological polar surface area (TPSA) is 0 Å². The molecule has 0 fully saturated rings. The van der Waals surface area contributed by atoms with Crippen molar-refractivity contribution in [1.82, 2.24) is 0 Å². The normalized spacial score (nSPS) is 0. The zero-order chi connectivity index (χ0) is 0. The summed E-state index contributed by atoms with van der Waals surface area (Å²) in [5.74, 6) is 0. The molecule has 4 heavy (non-hydrogen) atoms. The zero-order valence-electron chi connectivity index (χ0n) is 3.12. The van der Waals surface area contributed by atoms with Gasteiger partial charge in [0.15, 0.2) is 0 Å². The van der Waals surface area contributed by atoms with Crippen molar-refractivity contribution in [2.75, 3.05) is 0 Å². The summed E-state index contributed by atoms with van der Waals surface area (Å²) in [6, 6.07) is 0. The molecule has 0 unspecified atom stereocenters. The summed E-state index contributed by atoms with van der Waals surface area (Å²) in [5, 5.41) is 0. The molecule has 0 amide bonds. The predicted octanol–water partition coefficient (Wildman–Crippen LogP) is -2.89. The summed E-state index contributed by atoms with van der Waals surface area (Å²) < 4.78 is 0. The average Bonchev–Trinajstić information content (AvgIpc) is 0. The Hall–Kier alpha value is 2.60. The molecule has 0 nitrogen and oxygen atoms in total. The number of rotatable bonds is 0. The van der Waals surface area contributed by atoms with E-state index >= 15 is 0 Å². The minimum absolute atomic E-state index is 0. The molecule has 0 atom stereocenters. The maximum atomic E-state index is 0. The molecule has 0 heterocycles. The van der Waals surface area contributed by atoms with E-state index < -0.39 is 0 Å². The molecule has 0 bridgehead atoms. The molecule has 4 heteroatoms. The Morgan fingerprint density at radius 1 is 1.25 bits per heavy atom. The van der Waals surface area contributed by atoms with Gasteiger partial charge in [-0.1, -0.05) is 0 Å². The van der Waals surface area contributed by atoms with Gasteiger partial charge in [0.2, 0.25) is 0 Å². The van der Waals surface area contributed by atoms with Crippen molar-refractivity contribution < 1.29 is 83.1 Å². The van der Waals surface area contributed by atoms with Crippen molar-refractivity contribution in [3.63, 3.8) is 0 Å². The molecule has 0 aromatic rings. The first-order chi connectivity index (χ1) is 0. The average molecular weight is 189 g/mol. The van der Waals surface area contributed by atoms with Crippen molar-refractivity contribution in [3.05, 3.63) is 0 Å². The quantitative estimate of drug-likeness (QED) is 0.359. The number of hydrogen-bond donors (Lipinski definition) is 0. The van der Waals surface area contributed by atoms with Crippen molar-refractivity contribution >= 4 is 0 Å². The fourth-order valence-corrected chi connectivity index (χ4v) is 0. The molecule has 0 saturated heterocycles. The van der Waals surface area contributed by atoms with Gasteiger partial charge in [-0.15, -0.1) is 0 Å². The Balaban J connectivity index is 0. The maximum absolute atomic E-state index is 0. The van der Waals surface area contributed by atoms with E-state index in [0.717, 1.165) is 0 Å². The second-order valence-corrected chi connectivity index (χ2v) is 0. The Labute approximate surface area is 81.9 Å². The Kier molecular flexibility index (Phi) is 134. The monoisotopic (exact) mass is 189 g/mol. The van der Waals surface area contributed by atoms with Crippen molar-refractivity contribution in [3.8, 4) is 0 Å². The standard InChI is InChI=1S/Fe.Na.Ni.V.H/q;+1;;;-1. The van der Waals surface area contributed by atoms with E-state index in [1.54, 1.807) is 0 Å². The first-order valence-electron chi connectivity index (χ1n) is 0. The molecule has 0 spiro atoms. The van der Waals surface area contributed by atoms with E-state index in [-0.39, 0.29) is 83.1 Å². The van der Waals surface area contributed by atoms with Crippen molar-refractivity contribution in [2.45, 2.75) is 0 Å². The minimum atomic E-state index is 0. The van der Waals surface area contributed by atoms with E-state index in [0.29, 0.717) is 0 Å². The number of hydrogen-bond acceptors (Lipinski definition) is 0. The molecule has 0 saturated carbocycles. The summed E-state index contributed by atoms with van der Waals surface area (Å²) in [5.41, 5.74) is 0. The van der Waals surface area contributed by atoms with Crippen LogP contribution in [-0.2, 0) is 52.1 Å². The third kappa shape index (κ3) is 8.82. The minimum Gasteiger partial charge on any atom is -1.00 e. The van der Waals surface area contributed by atoms with Crippen LogP contribution >= 0.6 is 0 Å². The first-order valence-corrected chi connectivity index (χ1v) is 0. The van der Waals surface area contributed by atoms with Gasteiger partial charge in [-0.25, -0.2) is 0 Å². The van der Waals surface area contributed by atoms with E-state index in [2.05, 4.69) is 0 Å². The van der Waals surface area contributed by atoms with E-state index in [4.69, 9.17) is 0 Å². The largest absolute Gasteiger partial charge is 1.00 e. The molecule has 0 rings (SSSR count). The molecule has 0 aliphatic rings. The predicted molar refractivity (Wildman–Crippen MR) is 1.11 cm³/mol. The van der Waals surface area contributed by atoms with Crippen LogP contribution in [0.4, 0.5) is 0 Å². The Bertz CT molecular complexity index is 11.6. The third-order valence-electron chi connectivity index (χ3n) is 0. The van der Waals surface area contributed by atoms with Gasteiger partial charge in [-0.05, 0) is 0 Å². The summed E-state index contributed by atoms with van der Waals surface area (Å²) in [6.07, 6.45) is 0. The van der Waals surface area contributed by atoms with Gasteiger partial charge in [0.25, 0.3) is 0 Å². The smallest absolute Gasteiger partial charge is 1.00 e. The molecule has 0 aliphatic heterocycles. The Morgan fingerprint density at radius 3 is 1.25 bits per heavy atom. The van der Waals surface area contributed by atoms with E-state index in [9.17, 15) is 0 Å². The summed E-state index contributed by atoms with van der Waals surface area (Å²) in [6.45, 7) is 0. The van der Waals surface area contributed by atoms with Crippen LogP contribution < -0.4 is 29.6 Å². The molecule has 0 N–H and O–H groups in total. The van der Waals surface area contributed by atoms with E-state index in [1.165, 1.54) is 0 Å². The SMILES string of the molecule is [Fe].[H-].[Na+].[Ni].[V]. The van der Waals surface area contributed by atoms with Crippen LogP contribution in [0.2, 0.25) is 0 Å². The van der Waals surface area contributed by atoms with Crippen LogP contribution in [-0.4, -0.2) is 0 Å². The van der Waals surface area contributed by atoms with Crippen LogP contribution in [0.5, 0.6) is 0 Å². The van der Waals surface area contributed by atoms with Crippen LogP contribution in [0.1, 0.15) is 1.43 Å². The van der Waals surface area contributed by atoms with Gasteiger partial charge in [0.1, 0.15) is 0 Å². The summed E-state index contributed by atoms with van der Waals surface area (Å²) >= 11 is 0. The second-order valence-electron chi connectivity index (χ2n) is 0. The fourth-order valence-electron chi connectivity index (χ4n) is 0. The van der Waals surface area contributed by atoms with Crippen LogP contribution in [0, 0.1) is 0 Å². The maximum Gasteiger partial charge on any atom is 1.00 e. The summed E-state index contributed by atoms with van der Waals surface area (Å²) in [7, 11) is 0. The van der Waals surface area contributed by atoms with Crippen LogP contribution in [0.15, 0.2) is 0 Å². The molecule has 0 aromatic heterocycles. The van der Waals surface area contributed by atoms with Crippen molar-refractivity contribution in [2.24, 2.45) is 0 Å². The van der Waals surface area contributed by atoms with Gasteiger partial charge in [-0.2, -0.15) is 0 Å². The molecular formula is HFeNaNiV. The van der Waals surface area contributed by atoms with Crippen molar-refractivity contribution in [1.29, 1.82) is 0 Å². The molecule has 25 valence electrons. The third-order valence-corrected chi connectivity index (χ3v) is 0. The summed E-state index contributed by atoms with van der Waals surface area (Å²) in [4.78, 5) is 0. The zero-order valence-corrected chi connectivity index (χ0v) is 7.61. The van der Waals surface area contributed by atoms with Gasteiger partial charge < -0.3 is 1.43 Å². The molecule has 0 aliphatic carbocycles. The van der Waals surface area contributed by atoms with Gasteiger partial charge in [0, 0.05) is 52.1 Å². The van der Waals surface area contributed by atoms with Gasteiger partial charge >= 0.3 is 29.6 Å². The Morgan fingerprint density at radius 2 is 1.25 bits per heavy atom. The van der Waals surface area contributed by atoms with Crippen LogP contribution in [0.3, 0.4) is 0 Å². The molecule has 0 aromatic carbocycles. The van der Waals surface area contributed by atoms with E-state index in [1.807, 2.05) is 0 Å².